The maximum absolute atomic E-state index is 13.5. The van der Waals surface area contributed by atoms with Gasteiger partial charge in [0.1, 0.15) is 5.82 Å². The molecular formula is C21H14F3N3O. The molecule has 2 aromatic heterocycles. The van der Waals surface area contributed by atoms with Gasteiger partial charge in [-0.2, -0.15) is 13.2 Å². The smallest absolute Gasteiger partial charge is 0.306 e. The van der Waals surface area contributed by atoms with Gasteiger partial charge >= 0.3 is 6.18 Å². The molecule has 0 aliphatic carbocycles. The van der Waals surface area contributed by atoms with Crippen LogP contribution in [0.15, 0.2) is 65.6 Å². The van der Waals surface area contributed by atoms with E-state index in [2.05, 4.69) is 15.0 Å². The zero-order valence-corrected chi connectivity index (χ0v) is 14.7. The van der Waals surface area contributed by atoms with Crippen LogP contribution in [0.3, 0.4) is 0 Å². The molecule has 0 spiro atoms. The van der Waals surface area contributed by atoms with Gasteiger partial charge in [-0.05, 0) is 48.9 Å². The molecule has 2 aromatic carbocycles. The van der Waals surface area contributed by atoms with Crippen molar-refractivity contribution in [3.05, 3.63) is 82.3 Å². The quantitative estimate of drug-likeness (QED) is 0.533. The van der Waals surface area contributed by atoms with Gasteiger partial charge in [-0.15, -0.1) is 0 Å². The Kier molecular flexibility index (Phi) is 4.22. The van der Waals surface area contributed by atoms with Gasteiger partial charge in [0.2, 0.25) is 0 Å². The molecule has 0 unspecified atom stereocenters. The standard InChI is InChI=1S/C21H14F3N3O/c1-12-5-4-6-16-18(12)26-19(27-20(16)28)14-9-13(17-7-2-3-8-25-17)10-15(11-14)21(22,23)24/h2-11H,1H3,(H,26,27,28). The molecule has 0 atom stereocenters. The van der Waals surface area contributed by atoms with E-state index in [1.54, 1.807) is 49.4 Å². The third kappa shape index (κ3) is 3.26. The van der Waals surface area contributed by atoms with Gasteiger partial charge in [0.15, 0.2) is 0 Å². The highest BCUT2D eigenvalue weighted by Gasteiger charge is 2.31. The number of hydrogen-bond donors (Lipinski definition) is 1. The van der Waals surface area contributed by atoms with Crippen molar-refractivity contribution in [2.45, 2.75) is 13.1 Å². The van der Waals surface area contributed by atoms with Crippen LogP contribution >= 0.6 is 0 Å². The molecule has 0 radical (unpaired) electrons. The topological polar surface area (TPSA) is 58.6 Å². The zero-order valence-electron chi connectivity index (χ0n) is 14.7. The van der Waals surface area contributed by atoms with Gasteiger partial charge < -0.3 is 4.98 Å². The van der Waals surface area contributed by atoms with Crippen molar-refractivity contribution in [2.75, 3.05) is 0 Å². The molecule has 2 heterocycles. The Labute approximate surface area is 157 Å². The lowest BCUT2D eigenvalue weighted by molar-refractivity contribution is -0.137. The molecule has 28 heavy (non-hydrogen) atoms. The molecular weight excluding hydrogens is 367 g/mol. The summed E-state index contributed by atoms with van der Waals surface area (Å²) in [6.07, 6.45) is -3.04. The Hall–Kier alpha value is -3.48. The predicted molar refractivity (Wildman–Crippen MR) is 101 cm³/mol. The van der Waals surface area contributed by atoms with Crippen LogP contribution in [0.25, 0.3) is 33.5 Å². The summed E-state index contributed by atoms with van der Waals surface area (Å²) in [6, 6.07) is 13.7. The first-order chi connectivity index (χ1) is 13.3. The number of hydrogen-bond acceptors (Lipinski definition) is 3. The SMILES string of the molecule is Cc1cccc2c(=O)[nH]c(-c3cc(-c4ccccn4)cc(C(F)(F)F)c3)nc12. The third-order valence-corrected chi connectivity index (χ3v) is 4.43. The number of benzene rings is 2. The van der Waals surface area contributed by atoms with Crippen LogP contribution in [-0.2, 0) is 6.18 Å². The van der Waals surface area contributed by atoms with Gasteiger partial charge in [-0.25, -0.2) is 4.98 Å². The Bertz CT molecular complexity index is 1230. The summed E-state index contributed by atoms with van der Waals surface area (Å²) in [5.41, 5.74) is 0.836. The lowest BCUT2D eigenvalue weighted by Gasteiger charge is -2.12. The first-order valence-electron chi connectivity index (χ1n) is 8.46. The Morgan fingerprint density at radius 2 is 1.75 bits per heavy atom. The van der Waals surface area contributed by atoms with Gasteiger partial charge in [0, 0.05) is 17.3 Å². The highest BCUT2D eigenvalue weighted by Crippen LogP contribution is 2.35. The number of fused-ring (bicyclic) bond motifs is 1. The molecule has 1 N–H and O–H groups in total. The van der Waals surface area contributed by atoms with E-state index in [0.29, 0.717) is 16.6 Å². The number of nitrogens with one attached hydrogen (secondary N) is 1. The van der Waals surface area contributed by atoms with E-state index in [-0.39, 0.29) is 17.0 Å². The average molecular weight is 381 g/mol. The molecule has 4 nitrogen and oxygen atoms in total. The van der Waals surface area contributed by atoms with Gasteiger partial charge in [0.05, 0.1) is 22.2 Å². The molecule has 0 saturated carbocycles. The van der Waals surface area contributed by atoms with Gasteiger partial charge in [0.25, 0.3) is 5.56 Å². The minimum absolute atomic E-state index is 0.0788. The molecule has 0 amide bonds. The van der Waals surface area contributed by atoms with Crippen molar-refractivity contribution in [2.24, 2.45) is 0 Å². The monoisotopic (exact) mass is 381 g/mol. The van der Waals surface area contributed by atoms with E-state index in [1.165, 1.54) is 6.20 Å². The number of rotatable bonds is 2. The number of alkyl halides is 3. The van der Waals surface area contributed by atoms with Gasteiger partial charge in [-0.1, -0.05) is 18.2 Å². The van der Waals surface area contributed by atoms with Crippen molar-refractivity contribution in [3.63, 3.8) is 0 Å². The van der Waals surface area contributed by atoms with Crippen LogP contribution in [0, 0.1) is 6.92 Å². The summed E-state index contributed by atoms with van der Waals surface area (Å²) >= 11 is 0. The fourth-order valence-corrected chi connectivity index (χ4v) is 3.05. The fraction of sp³-hybridized carbons (Fsp3) is 0.0952. The first-order valence-corrected chi connectivity index (χ1v) is 8.46. The molecule has 7 heteroatoms. The summed E-state index contributed by atoms with van der Waals surface area (Å²) < 4.78 is 40.4. The van der Waals surface area contributed by atoms with E-state index >= 15 is 0 Å². The highest BCUT2D eigenvalue weighted by atomic mass is 19.4. The second kappa shape index (κ2) is 6.60. The van der Waals surface area contributed by atoms with Crippen molar-refractivity contribution in [1.82, 2.24) is 15.0 Å². The van der Waals surface area contributed by atoms with E-state index in [0.717, 1.165) is 17.7 Å². The first kappa shape index (κ1) is 17.9. The average Bonchev–Trinajstić information content (AvgIpc) is 2.68. The number of H-pyrrole nitrogens is 1. The second-order valence-electron chi connectivity index (χ2n) is 6.40. The van der Waals surface area contributed by atoms with E-state index in [9.17, 15) is 18.0 Å². The maximum Gasteiger partial charge on any atom is 0.416 e. The zero-order chi connectivity index (χ0) is 19.9. The van der Waals surface area contributed by atoms with Crippen LogP contribution in [0.1, 0.15) is 11.1 Å². The molecule has 0 fully saturated rings. The third-order valence-electron chi connectivity index (χ3n) is 4.43. The number of aromatic amines is 1. The summed E-state index contributed by atoms with van der Waals surface area (Å²) in [6.45, 7) is 1.80. The normalized spacial score (nSPS) is 11.7. The van der Waals surface area contributed by atoms with E-state index < -0.39 is 17.3 Å². The second-order valence-corrected chi connectivity index (χ2v) is 6.40. The molecule has 4 aromatic rings. The van der Waals surface area contributed by atoms with Crippen molar-refractivity contribution >= 4 is 10.9 Å². The minimum Gasteiger partial charge on any atom is -0.306 e. The summed E-state index contributed by atoms with van der Waals surface area (Å²) in [4.78, 5) is 23.6. The highest BCUT2D eigenvalue weighted by molar-refractivity contribution is 5.82. The number of pyridine rings is 1. The lowest BCUT2D eigenvalue weighted by atomic mass is 10.0. The van der Waals surface area contributed by atoms with Crippen LogP contribution in [0.2, 0.25) is 0 Å². The molecule has 4 rings (SSSR count). The number of aromatic nitrogens is 3. The largest absolute Gasteiger partial charge is 0.416 e. The number of aryl methyl sites for hydroxylation is 1. The molecule has 140 valence electrons. The maximum atomic E-state index is 13.5. The summed E-state index contributed by atoms with van der Waals surface area (Å²) in [5.74, 6) is 0.0788. The van der Waals surface area contributed by atoms with Crippen LogP contribution in [0.4, 0.5) is 13.2 Å². The molecule has 0 aliphatic heterocycles. The number of halogens is 3. The molecule has 0 saturated heterocycles. The lowest BCUT2D eigenvalue weighted by Crippen LogP contribution is -2.11. The molecule has 0 bridgehead atoms. The van der Waals surface area contributed by atoms with E-state index in [1.807, 2.05) is 0 Å². The summed E-state index contributed by atoms with van der Waals surface area (Å²) in [7, 11) is 0. The van der Waals surface area contributed by atoms with Crippen molar-refractivity contribution in [3.8, 4) is 22.6 Å². The predicted octanol–water partition coefficient (Wildman–Crippen LogP) is 4.98. The van der Waals surface area contributed by atoms with Crippen LogP contribution in [-0.4, -0.2) is 15.0 Å². The number of para-hydroxylation sites is 1. The fourth-order valence-electron chi connectivity index (χ4n) is 3.05. The Balaban J connectivity index is 1.98. The van der Waals surface area contributed by atoms with Crippen LogP contribution < -0.4 is 5.56 Å². The van der Waals surface area contributed by atoms with Crippen molar-refractivity contribution < 1.29 is 13.2 Å². The Morgan fingerprint density at radius 1 is 0.964 bits per heavy atom. The van der Waals surface area contributed by atoms with Crippen molar-refractivity contribution in [1.29, 1.82) is 0 Å². The minimum atomic E-state index is -4.55. The van der Waals surface area contributed by atoms with Crippen LogP contribution in [0.5, 0.6) is 0 Å². The van der Waals surface area contributed by atoms with E-state index in [4.69, 9.17) is 0 Å². The molecule has 0 aliphatic rings. The van der Waals surface area contributed by atoms with Gasteiger partial charge in [-0.3, -0.25) is 9.78 Å². The summed E-state index contributed by atoms with van der Waals surface area (Å²) in [5, 5.41) is 0.390. The number of nitrogens with zero attached hydrogens (tertiary/aromatic N) is 2. The Morgan fingerprint density at radius 3 is 2.46 bits per heavy atom.